The summed E-state index contributed by atoms with van der Waals surface area (Å²) < 4.78 is 0. The molecule has 0 spiro atoms. The fourth-order valence-corrected chi connectivity index (χ4v) is 2.34. The highest BCUT2D eigenvalue weighted by atomic mass is 32.1. The molecule has 0 aliphatic carbocycles. The molecule has 1 unspecified atom stereocenters. The SMILES string of the molecule is CC1CN(c2ccncc2N=C=S)CCN1C(=O)O. The van der Waals surface area contributed by atoms with Crippen LogP contribution in [0.2, 0.25) is 0 Å². The molecule has 1 N–H and O–H groups in total. The first-order chi connectivity index (χ1) is 9.13. The third-order valence-corrected chi connectivity index (χ3v) is 3.25. The highest BCUT2D eigenvalue weighted by molar-refractivity contribution is 7.78. The molecule has 2 heterocycles. The number of hydrogen-bond acceptors (Lipinski definition) is 5. The predicted octanol–water partition coefficient (Wildman–Crippen LogP) is 2.00. The van der Waals surface area contributed by atoms with E-state index in [9.17, 15) is 4.79 Å². The molecule has 1 amide bonds. The highest BCUT2D eigenvalue weighted by Gasteiger charge is 2.28. The number of aromatic nitrogens is 1. The molecule has 1 fully saturated rings. The van der Waals surface area contributed by atoms with Crippen LogP contribution < -0.4 is 4.90 Å². The van der Waals surface area contributed by atoms with E-state index >= 15 is 0 Å². The molecular weight excluding hydrogens is 264 g/mol. The van der Waals surface area contributed by atoms with Crippen molar-refractivity contribution >= 4 is 34.8 Å². The Balaban J connectivity index is 2.21. The van der Waals surface area contributed by atoms with Gasteiger partial charge in [-0.05, 0) is 25.2 Å². The first-order valence-corrected chi connectivity index (χ1v) is 6.30. The van der Waals surface area contributed by atoms with Crippen molar-refractivity contribution in [1.29, 1.82) is 0 Å². The van der Waals surface area contributed by atoms with Crippen LogP contribution in [0.3, 0.4) is 0 Å². The van der Waals surface area contributed by atoms with Crippen LogP contribution in [-0.2, 0) is 0 Å². The maximum atomic E-state index is 11.0. The van der Waals surface area contributed by atoms with Crippen LogP contribution in [0.25, 0.3) is 0 Å². The van der Waals surface area contributed by atoms with Gasteiger partial charge in [-0.25, -0.2) is 4.79 Å². The summed E-state index contributed by atoms with van der Waals surface area (Å²) in [6.07, 6.45) is 2.44. The lowest BCUT2D eigenvalue weighted by atomic mass is 10.1. The van der Waals surface area contributed by atoms with Gasteiger partial charge < -0.3 is 14.9 Å². The Hall–Kier alpha value is -1.98. The number of isothiocyanates is 1. The monoisotopic (exact) mass is 278 g/mol. The van der Waals surface area contributed by atoms with Gasteiger partial charge in [-0.15, -0.1) is 0 Å². The van der Waals surface area contributed by atoms with Crippen molar-refractivity contribution in [2.24, 2.45) is 4.99 Å². The van der Waals surface area contributed by atoms with E-state index < -0.39 is 6.09 Å². The van der Waals surface area contributed by atoms with E-state index in [-0.39, 0.29) is 6.04 Å². The minimum absolute atomic E-state index is 0.0660. The molecule has 1 aromatic heterocycles. The van der Waals surface area contributed by atoms with Crippen LogP contribution in [0.15, 0.2) is 23.5 Å². The summed E-state index contributed by atoms with van der Waals surface area (Å²) in [5.74, 6) is 0. The second-order valence-corrected chi connectivity index (χ2v) is 4.52. The van der Waals surface area contributed by atoms with Gasteiger partial charge in [0.25, 0.3) is 0 Å². The Bertz CT molecular complexity index is 530. The van der Waals surface area contributed by atoms with Crippen LogP contribution in [0, 0.1) is 0 Å². The molecule has 1 aliphatic rings. The van der Waals surface area contributed by atoms with E-state index in [1.54, 1.807) is 12.4 Å². The van der Waals surface area contributed by atoms with E-state index in [1.165, 1.54) is 4.90 Å². The van der Waals surface area contributed by atoms with Crippen molar-refractivity contribution in [3.63, 3.8) is 0 Å². The molecule has 100 valence electrons. The van der Waals surface area contributed by atoms with Gasteiger partial charge in [0, 0.05) is 31.9 Å². The van der Waals surface area contributed by atoms with Crippen molar-refractivity contribution in [1.82, 2.24) is 9.88 Å². The molecule has 1 saturated heterocycles. The van der Waals surface area contributed by atoms with Gasteiger partial charge in [-0.1, -0.05) is 0 Å². The number of carboxylic acid groups (broad SMARTS) is 1. The maximum absolute atomic E-state index is 11.0. The number of aliphatic imine (C=N–C) groups is 1. The Labute approximate surface area is 116 Å². The van der Waals surface area contributed by atoms with Crippen LogP contribution in [0.1, 0.15) is 6.92 Å². The van der Waals surface area contributed by atoms with Crippen molar-refractivity contribution in [2.45, 2.75) is 13.0 Å². The molecule has 1 aliphatic heterocycles. The number of carbonyl (C=O) groups is 1. The van der Waals surface area contributed by atoms with Crippen LogP contribution in [0.5, 0.6) is 0 Å². The van der Waals surface area contributed by atoms with Crippen molar-refractivity contribution in [2.75, 3.05) is 24.5 Å². The molecule has 1 aromatic rings. The van der Waals surface area contributed by atoms with Crippen LogP contribution >= 0.6 is 12.2 Å². The first kappa shape index (κ1) is 13.5. The number of amides is 1. The summed E-state index contributed by atoms with van der Waals surface area (Å²) in [6, 6.07) is 1.79. The Morgan fingerprint density at radius 2 is 2.42 bits per heavy atom. The summed E-state index contributed by atoms with van der Waals surface area (Å²) in [5.41, 5.74) is 1.57. The van der Waals surface area contributed by atoms with Gasteiger partial charge in [-0.2, -0.15) is 4.99 Å². The zero-order valence-corrected chi connectivity index (χ0v) is 11.3. The Morgan fingerprint density at radius 3 is 3.05 bits per heavy atom. The molecule has 7 heteroatoms. The average molecular weight is 278 g/mol. The summed E-state index contributed by atoms with van der Waals surface area (Å²) in [4.78, 5) is 22.6. The van der Waals surface area contributed by atoms with Gasteiger partial charge in [0.2, 0.25) is 0 Å². The molecule has 0 aromatic carbocycles. The third-order valence-electron chi connectivity index (χ3n) is 3.16. The molecule has 0 bridgehead atoms. The molecule has 2 rings (SSSR count). The number of thiocarbonyl (C=S) groups is 1. The lowest BCUT2D eigenvalue weighted by Crippen LogP contribution is -2.53. The zero-order valence-electron chi connectivity index (χ0n) is 10.5. The number of hydrogen-bond donors (Lipinski definition) is 1. The van der Waals surface area contributed by atoms with Crippen LogP contribution in [-0.4, -0.2) is 51.9 Å². The number of pyridine rings is 1. The van der Waals surface area contributed by atoms with Crippen molar-refractivity contribution in [3.05, 3.63) is 18.5 Å². The summed E-state index contributed by atoms with van der Waals surface area (Å²) in [7, 11) is 0. The zero-order chi connectivity index (χ0) is 13.8. The fraction of sp³-hybridized carbons (Fsp3) is 0.417. The molecule has 0 saturated carbocycles. The van der Waals surface area contributed by atoms with E-state index in [4.69, 9.17) is 5.11 Å². The predicted molar refractivity (Wildman–Crippen MR) is 75.3 cm³/mol. The van der Waals surface area contributed by atoms with Crippen LogP contribution in [0.4, 0.5) is 16.2 Å². The molecule has 1 atom stereocenters. The lowest BCUT2D eigenvalue weighted by Gasteiger charge is -2.39. The van der Waals surface area contributed by atoms with E-state index in [0.717, 1.165) is 5.69 Å². The third kappa shape index (κ3) is 2.89. The quantitative estimate of drug-likeness (QED) is 0.662. The molecule has 0 radical (unpaired) electrons. The second-order valence-electron chi connectivity index (χ2n) is 4.34. The topological polar surface area (TPSA) is 69.0 Å². The molecular formula is C12H14N4O2S. The first-order valence-electron chi connectivity index (χ1n) is 5.90. The number of nitrogens with zero attached hydrogens (tertiary/aromatic N) is 4. The average Bonchev–Trinajstić information content (AvgIpc) is 2.39. The van der Waals surface area contributed by atoms with E-state index in [1.807, 2.05) is 13.0 Å². The maximum Gasteiger partial charge on any atom is 0.407 e. The van der Waals surface area contributed by atoms with Gasteiger partial charge >= 0.3 is 6.09 Å². The van der Waals surface area contributed by atoms with E-state index in [0.29, 0.717) is 25.3 Å². The number of anilines is 1. The van der Waals surface area contributed by atoms with Gasteiger partial charge in [0.15, 0.2) is 0 Å². The smallest absolute Gasteiger partial charge is 0.407 e. The Kier molecular flexibility index (Phi) is 4.09. The Morgan fingerprint density at radius 1 is 1.63 bits per heavy atom. The van der Waals surface area contributed by atoms with E-state index in [2.05, 4.69) is 32.3 Å². The number of piperazine rings is 1. The lowest BCUT2D eigenvalue weighted by molar-refractivity contribution is 0.123. The second kappa shape index (κ2) is 5.77. The molecule has 19 heavy (non-hydrogen) atoms. The normalized spacial score (nSPS) is 18.9. The van der Waals surface area contributed by atoms with Gasteiger partial charge in [-0.3, -0.25) is 4.98 Å². The van der Waals surface area contributed by atoms with Crippen molar-refractivity contribution in [3.8, 4) is 0 Å². The van der Waals surface area contributed by atoms with Gasteiger partial charge in [0.1, 0.15) is 5.69 Å². The fourth-order valence-electron chi connectivity index (χ4n) is 2.24. The summed E-state index contributed by atoms with van der Waals surface area (Å²) in [5, 5.41) is 11.4. The largest absolute Gasteiger partial charge is 0.465 e. The summed E-state index contributed by atoms with van der Waals surface area (Å²) >= 11 is 4.62. The van der Waals surface area contributed by atoms with Gasteiger partial charge in [0.05, 0.1) is 17.0 Å². The highest BCUT2D eigenvalue weighted by Crippen LogP contribution is 2.28. The summed E-state index contributed by atoms with van der Waals surface area (Å²) in [6.45, 7) is 3.61. The molecule has 6 nitrogen and oxygen atoms in total. The minimum Gasteiger partial charge on any atom is -0.465 e. The number of rotatable bonds is 2. The minimum atomic E-state index is -0.876. The standard InChI is InChI=1S/C12H14N4O2S/c1-9-7-15(4-5-16(9)12(17)18)11-2-3-13-6-10(11)14-8-19/h2-3,6,9H,4-5,7H2,1H3,(H,17,18). The van der Waals surface area contributed by atoms with Crippen molar-refractivity contribution < 1.29 is 9.90 Å².